The fourth-order valence-electron chi connectivity index (χ4n) is 6.05. The van der Waals surface area contributed by atoms with Crippen LogP contribution in [0.1, 0.15) is 41.0 Å². The predicted octanol–water partition coefficient (Wildman–Crippen LogP) is 6.63. The van der Waals surface area contributed by atoms with Crippen molar-refractivity contribution in [2.75, 3.05) is 39.4 Å². The van der Waals surface area contributed by atoms with Crippen molar-refractivity contribution in [1.29, 1.82) is 0 Å². The molecule has 1 saturated heterocycles. The van der Waals surface area contributed by atoms with Crippen LogP contribution in [0.4, 0.5) is 0 Å². The molecular weight excluding hydrogens is 546 g/mol. The van der Waals surface area contributed by atoms with Crippen LogP contribution >= 0.6 is 0 Å². The highest BCUT2D eigenvalue weighted by Gasteiger charge is 2.23. The predicted molar refractivity (Wildman–Crippen MR) is 176 cm³/mol. The minimum absolute atomic E-state index is 0.0625. The molecule has 1 aromatic heterocycles. The van der Waals surface area contributed by atoms with E-state index in [0.717, 1.165) is 68.3 Å². The standard InChI is InChI=1S/C38H41N3O3/c42-38(39-19-10-20-40-21-23-43-24-22-40)26-35(32-15-9-16-33(25-32)44-29-31-13-5-2-6-14-31)36-28-41(27-30-11-3-1-4-12-30)37-18-8-7-17-34(36)37/h1-9,11-18,25,28,35H,10,19-24,26-27,29H2,(H,39,42). The summed E-state index contributed by atoms with van der Waals surface area (Å²) in [6.07, 6.45) is 3.53. The van der Waals surface area contributed by atoms with E-state index in [1.54, 1.807) is 0 Å². The second kappa shape index (κ2) is 14.9. The lowest BCUT2D eigenvalue weighted by molar-refractivity contribution is -0.121. The lowest BCUT2D eigenvalue weighted by Gasteiger charge is -2.26. The van der Waals surface area contributed by atoms with Gasteiger partial charge in [-0.25, -0.2) is 0 Å². The number of ether oxygens (including phenoxy) is 2. The molecule has 1 atom stereocenters. The SMILES string of the molecule is O=C(CC(c1cccc(OCc2ccccc2)c1)c1cn(Cc2ccccc2)c2ccccc12)NCCCN1CCOCC1. The van der Waals surface area contributed by atoms with E-state index in [1.807, 2.05) is 36.4 Å². The number of aromatic nitrogens is 1. The summed E-state index contributed by atoms with van der Waals surface area (Å²) in [5, 5.41) is 4.38. The van der Waals surface area contributed by atoms with Crippen molar-refractivity contribution in [2.45, 2.75) is 31.9 Å². The Hall–Kier alpha value is -4.39. The first kappa shape index (κ1) is 29.7. The molecule has 0 aliphatic carbocycles. The zero-order valence-electron chi connectivity index (χ0n) is 25.2. The first-order valence-corrected chi connectivity index (χ1v) is 15.7. The number of nitrogens with zero attached hydrogens (tertiary/aromatic N) is 2. The normalized spacial score (nSPS) is 14.4. The van der Waals surface area contributed by atoms with Crippen molar-refractivity contribution in [3.63, 3.8) is 0 Å². The van der Waals surface area contributed by atoms with Crippen molar-refractivity contribution in [3.05, 3.63) is 138 Å². The van der Waals surface area contributed by atoms with Gasteiger partial charge in [0.15, 0.2) is 0 Å². The number of fused-ring (bicyclic) bond motifs is 1. The molecule has 2 heterocycles. The third-order valence-corrected chi connectivity index (χ3v) is 8.37. The summed E-state index contributed by atoms with van der Waals surface area (Å²) in [5.74, 6) is 0.735. The molecule has 1 fully saturated rings. The fourth-order valence-corrected chi connectivity index (χ4v) is 6.05. The van der Waals surface area contributed by atoms with Crippen LogP contribution < -0.4 is 10.1 Å². The molecule has 4 aromatic carbocycles. The molecule has 1 amide bonds. The minimum atomic E-state index is -0.128. The summed E-state index contributed by atoms with van der Waals surface area (Å²) < 4.78 is 14.0. The molecule has 0 spiro atoms. The average molecular weight is 588 g/mol. The largest absolute Gasteiger partial charge is 0.489 e. The summed E-state index contributed by atoms with van der Waals surface area (Å²) in [7, 11) is 0. The maximum Gasteiger partial charge on any atom is 0.220 e. The number of morpholine rings is 1. The maximum atomic E-state index is 13.5. The average Bonchev–Trinajstić information content (AvgIpc) is 3.44. The Morgan fingerprint density at radius 3 is 2.36 bits per heavy atom. The number of benzene rings is 4. The summed E-state index contributed by atoms with van der Waals surface area (Å²) in [6.45, 7) is 6.41. The summed E-state index contributed by atoms with van der Waals surface area (Å²) in [5.41, 5.74) is 5.75. The molecule has 1 aliphatic heterocycles. The van der Waals surface area contributed by atoms with E-state index in [1.165, 1.54) is 16.5 Å². The van der Waals surface area contributed by atoms with E-state index in [-0.39, 0.29) is 11.8 Å². The Balaban J connectivity index is 1.25. The van der Waals surface area contributed by atoms with E-state index in [4.69, 9.17) is 9.47 Å². The van der Waals surface area contributed by atoms with Crippen LogP contribution in [0, 0.1) is 0 Å². The van der Waals surface area contributed by atoms with Crippen molar-refractivity contribution in [1.82, 2.24) is 14.8 Å². The van der Waals surface area contributed by atoms with Crippen molar-refractivity contribution >= 4 is 16.8 Å². The van der Waals surface area contributed by atoms with Crippen LogP contribution in [0.15, 0.2) is 115 Å². The minimum Gasteiger partial charge on any atom is -0.489 e. The van der Waals surface area contributed by atoms with Crippen molar-refractivity contribution in [2.24, 2.45) is 0 Å². The van der Waals surface area contributed by atoms with Gasteiger partial charge in [0.05, 0.1) is 13.2 Å². The molecule has 0 saturated carbocycles. The van der Waals surface area contributed by atoms with Crippen LogP contribution in [0.25, 0.3) is 10.9 Å². The monoisotopic (exact) mass is 587 g/mol. The highest BCUT2D eigenvalue weighted by molar-refractivity contribution is 5.87. The van der Waals surface area contributed by atoms with Gasteiger partial charge in [-0.05, 0) is 53.4 Å². The summed E-state index contributed by atoms with van der Waals surface area (Å²) in [6, 6.07) is 37.5. The van der Waals surface area contributed by atoms with Crippen LogP contribution in [-0.2, 0) is 22.7 Å². The Bertz CT molecular complexity index is 1630. The number of carbonyl (C=O) groups excluding carboxylic acids is 1. The van der Waals surface area contributed by atoms with Gasteiger partial charge in [-0.1, -0.05) is 91.0 Å². The number of amides is 1. The lowest BCUT2D eigenvalue weighted by atomic mass is 9.88. The van der Waals surface area contributed by atoms with Crippen molar-refractivity contribution in [3.8, 4) is 5.75 Å². The number of rotatable bonds is 13. The molecule has 1 N–H and O–H groups in total. The van der Waals surface area contributed by atoms with E-state index >= 15 is 0 Å². The third kappa shape index (κ3) is 7.76. The number of nitrogens with one attached hydrogen (secondary N) is 1. The second-order valence-corrected chi connectivity index (χ2v) is 11.5. The van der Waals surface area contributed by atoms with Crippen LogP contribution in [0.3, 0.4) is 0 Å². The first-order chi connectivity index (χ1) is 21.7. The van der Waals surface area contributed by atoms with Gasteiger partial charge in [-0.3, -0.25) is 9.69 Å². The van der Waals surface area contributed by atoms with Crippen LogP contribution in [-0.4, -0.2) is 54.8 Å². The zero-order chi connectivity index (χ0) is 30.0. The molecule has 0 radical (unpaired) electrons. The lowest BCUT2D eigenvalue weighted by Crippen LogP contribution is -2.38. The topological polar surface area (TPSA) is 55.7 Å². The number of para-hydroxylation sites is 1. The van der Waals surface area contributed by atoms with Gasteiger partial charge >= 0.3 is 0 Å². The molecule has 226 valence electrons. The second-order valence-electron chi connectivity index (χ2n) is 11.5. The Kier molecular flexibility index (Phi) is 10.0. The molecule has 6 nitrogen and oxygen atoms in total. The Morgan fingerprint density at radius 1 is 0.841 bits per heavy atom. The molecule has 1 unspecified atom stereocenters. The fraction of sp³-hybridized carbons (Fsp3) is 0.289. The van der Waals surface area contributed by atoms with Gasteiger partial charge in [-0.2, -0.15) is 0 Å². The van der Waals surface area contributed by atoms with Gasteiger partial charge in [0.25, 0.3) is 0 Å². The third-order valence-electron chi connectivity index (χ3n) is 8.37. The highest BCUT2D eigenvalue weighted by Crippen LogP contribution is 2.36. The van der Waals surface area contributed by atoms with Crippen molar-refractivity contribution < 1.29 is 14.3 Å². The van der Waals surface area contributed by atoms with Crippen LogP contribution in [0.5, 0.6) is 5.75 Å². The maximum absolute atomic E-state index is 13.5. The zero-order valence-corrected chi connectivity index (χ0v) is 25.2. The number of carbonyl (C=O) groups is 1. The molecular formula is C38H41N3O3. The van der Waals surface area contributed by atoms with E-state index in [0.29, 0.717) is 19.6 Å². The Morgan fingerprint density at radius 2 is 1.57 bits per heavy atom. The number of hydrogen-bond acceptors (Lipinski definition) is 4. The van der Waals surface area contributed by atoms with Gasteiger partial charge < -0.3 is 19.4 Å². The van der Waals surface area contributed by atoms with E-state index < -0.39 is 0 Å². The smallest absolute Gasteiger partial charge is 0.220 e. The van der Waals surface area contributed by atoms with Gasteiger partial charge in [0.1, 0.15) is 12.4 Å². The van der Waals surface area contributed by atoms with E-state index in [9.17, 15) is 4.79 Å². The Labute approximate surface area is 260 Å². The highest BCUT2D eigenvalue weighted by atomic mass is 16.5. The van der Waals surface area contributed by atoms with Gasteiger partial charge in [0, 0.05) is 55.6 Å². The van der Waals surface area contributed by atoms with E-state index in [2.05, 4.69) is 93.8 Å². The van der Waals surface area contributed by atoms with Gasteiger partial charge in [-0.15, -0.1) is 0 Å². The molecule has 44 heavy (non-hydrogen) atoms. The molecule has 0 bridgehead atoms. The molecule has 6 rings (SSSR count). The van der Waals surface area contributed by atoms with Gasteiger partial charge in [0.2, 0.25) is 5.91 Å². The quantitative estimate of drug-likeness (QED) is 0.157. The molecule has 1 aliphatic rings. The first-order valence-electron chi connectivity index (χ1n) is 15.7. The molecule has 5 aromatic rings. The van der Waals surface area contributed by atoms with Crippen LogP contribution in [0.2, 0.25) is 0 Å². The molecule has 6 heteroatoms. The summed E-state index contributed by atoms with van der Waals surface area (Å²) in [4.78, 5) is 15.9. The number of hydrogen-bond donors (Lipinski definition) is 1. The summed E-state index contributed by atoms with van der Waals surface area (Å²) >= 11 is 0.